The van der Waals surface area contributed by atoms with Crippen molar-refractivity contribution in [1.82, 2.24) is 9.97 Å². The molecule has 8 heteroatoms. The van der Waals surface area contributed by atoms with E-state index < -0.39 is 12.6 Å². The van der Waals surface area contributed by atoms with Crippen LogP contribution in [0, 0.1) is 0 Å². The Morgan fingerprint density at radius 2 is 2.12 bits per heavy atom. The molecule has 0 bridgehead atoms. The quantitative estimate of drug-likeness (QED) is 0.827. The normalized spacial score (nSPS) is 11.2. The minimum atomic E-state index is -4.21. The van der Waals surface area contributed by atoms with Crippen molar-refractivity contribution in [2.45, 2.75) is 12.6 Å². The molecule has 0 radical (unpaired) electrons. The second-order valence-electron chi connectivity index (χ2n) is 2.93. The van der Waals surface area contributed by atoms with Crippen molar-refractivity contribution in [3.8, 4) is 5.75 Å². The zero-order valence-corrected chi connectivity index (χ0v) is 8.51. The molecule has 0 aliphatic rings. The molecule has 16 heavy (non-hydrogen) atoms. The Bertz CT molecular complexity index is 356. The highest BCUT2D eigenvalue weighted by molar-refractivity contribution is 5.61. The van der Waals surface area contributed by atoms with E-state index in [4.69, 9.17) is 10.5 Å². The molecule has 0 spiro atoms. The van der Waals surface area contributed by atoms with Crippen LogP contribution in [-0.2, 0) is 0 Å². The molecule has 0 unspecified atom stereocenters. The van der Waals surface area contributed by atoms with E-state index in [1.807, 2.05) is 0 Å². The van der Waals surface area contributed by atoms with Crippen LogP contribution in [-0.4, -0.2) is 29.8 Å². The van der Waals surface area contributed by atoms with Crippen LogP contribution in [0.2, 0.25) is 0 Å². The van der Waals surface area contributed by atoms with Crippen LogP contribution in [0.4, 0.5) is 24.8 Å². The number of halogens is 3. The van der Waals surface area contributed by atoms with E-state index in [9.17, 15) is 13.2 Å². The Hall–Kier alpha value is -1.73. The van der Waals surface area contributed by atoms with Crippen molar-refractivity contribution in [2.75, 3.05) is 24.7 Å². The Balaban J connectivity index is 2.64. The molecule has 0 atom stereocenters. The number of ether oxygens (including phenoxy) is 1. The standard InChI is InChI=1S/C8H11F3N4O/c1-16-5-6(12)14-4-15-7(5)13-3-2-8(9,10)11/h4H,2-3H2,1H3,(H3,12,13,14,15). The summed E-state index contributed by atoms with van der Waals surface area (Å²) in [6.45, 7) is -0.295. The Labute approximate surface area is 89.8 Å². The summed E-state index contributed by atoms with van der Waals surface area (Å²) >= 11 is 0. The zero-order valence-electron chi connectivity index (χ0n) is 8.51. The van der Waals surface area contributed by atoms with Crippen molar-refractivity contribution >= 4 is 11.6 Å². The molecular weight excluding hydrogens is 225 g/mol. The van der Waals surface area contributed by atoms with Crippen LogP contribution in [0.1, 0.15) is 6.42 Å². The minimum absolute atomic E-state index is 0.0759. The maximum Gasteiger partial charge on any atom is 0.390 e. The van der Waals surface area contributed by atoms with Gasteiger partial charge in [0.2, 0.25) is 5.75 Å². The predicted octanol–water partition coefficient (Wildman–Crippen LogP) is 1.43. The van der Waals surface area contributed by atoms with Gasteiger partial charge in [-0.2, -0.15) is 13.2 Å². The maximum atomic E-state index is 11.9. The number of nitrogens with zero attached hydrogens (tertiary/aromatic N) is 2. The lowest BCUT2D eigenvalue weighted by atomic mass is 10.4. The predicted molar refractivity (Wildman–Crippen MR) is 52.2 cm³/mol. The third-order valence-electron chi connectivity index (χ3n) is 1.74. The number of nitrogens with one attached hydrogen (secondary N) is 1. The van der Waals surface area contributed by atoms with Gasteiger partial charge in [-0.1, -0.05) is 0 Å². The number of aromatic nitrogens is 2. The molecule has 1 rings (SSSR count). The van der Waals surface area contributed by atoms with Gasteiger partial charge in [0.1, 0.15) is 6.33 Å². The number of hydrogen-bond donors (Lipinski definition) is 2. The van der Waals surface area contributed by atoms with Crippen LogP contribution >= 0.6 is 0 Å². The van der Waals surface area contributed by atoms with Crippen LogP contribution in [0.15, 0.2) is 6.33 Å². The van der Waals surface area contributed by atoms with Gasteiger partial charge < -0.3 is 15.8 Å². The summed E-state index contributed by atoms with van der Waals surface area (Å²) in [7, 11) is 1.34. The summed E-state index contributed by atoms with van der Waals surface area (Å²) < 4.78 is 40.5. The number of alkyl halides is 3. The molecule has 0 saturated heterocycles. The van der Waals surface area contributed by atoms with Crippen molar-refractivity contribution in [3.63, 3.8) is 0 Å². The molecule has 0 saturated carbocycles. The Morgan fingerprint density at radius 1 is 1.44 bits per heavy atom. The van der Waals surface area contributed by atoms with Gasteiger partial charge in [0, 0.05) is 6.54 Å². The first kappa shape index (κ1) is 12.3. The smallest absolute Gasteiger partial charge is 0.390 e. The molecule has 1 aromatic heterocycles. The van der Waals surface area contributed by atoms with E-state index in [1.165, 1.54) is 7.11 Å². The lowest BCUT2D eigenvalue weighted by Gasteiger charge is -2.11. The van der Waals surface area contributed by atoms with Crippen molar-refractivity contribution in [1.29, 1.82) is 0 Å². The third-order valence-corrected chi connectivity index (χ3v) is 1.74. The van der Waals surface area contributed by atoms with Crippen molar-refractivity contribution < 1.29 is 17.9 Å². The van der Waals surface area contributed by atoms with Gasteiger partial charge in [0.15, 0.2) is 11.6 Å². The first-order chi connectivity index (χ1) is 7.44. The van der Waals surface area contributed by atoms with E-state index in [0.717, 1.165) is 6.33 Å². The number of nitrogens with two attached hydrogens (primary N) is 1. The largest absolute Gasteiger partial charge is 0.490 e. The highest BCUT2D eigenvalue weighted by Gasteiger charge is 2.26. The SMILES string of the molecule is COc1c(N)ncnc1NCCC(F)(F)F. The number of anilines is 2. The fourth-order valence-corrected chi connectivity index (χ4v) is 1.04. The molecule has 1 heterocycles. The van der Waals surface area contributed by atoms with Gasteiger partial charge in [-0.15, -0.1) is 0 Å². The summed E-state index contributed by atoms with van der Waals surface area (Å²) in [5.74, 6) is 0.371. The molecule has 90 valence electrons. The summed E-state index contributed by atoms with van der Waals surface area (Å²) in [5, 5.41) is 2.49. The maximum absolute atomic E-state index is 11.9. The monoisotopic (exact) mass is 236 g/mol. The number of hydrogen-bond acceptors (Lipinski definition) is 5. The summed E-state index contributed by atoms with van der Waals surface area (Å²) in [4.78, 5) is 7.38. The fourth-order valence-electron chi connectivity index (χ4n) is 1.04. The second kappa shape index (κ2) is 4.86. The van der Waals surface area contributed by atoms with E-state index in [-0.39, 0.29) is 23.9 Å². The van der Waals surface area contributed by atoms with Gasteiger partial charge in [0.25, 0.3) is 0 Å². The molecule has 0 aliphatic heterocycles. The van der Waals surface area contributed by atoms with Gasteiger partial charge in [-0.3, -0.25) is 0 Å². The lowest BCUT2D eigenvalue weighted by molar-refractivity contribution is -0.131. The topological polar surface area (TPSA) is 73.1 Å². The molecule has 3 N–H and O–H groups in total. The number of nitrogen functional groups attached to an aromatic ring is 1. The fraction of sp³-hybridized carbons (Fsp3) is 0.500. The highest BCUT2D eigenvalue weighted by Crippen LogP contribution is 2.27. The zero-order chi connectivity index (χ0) is 12.2. The van der Waals surface area contributed by atoms with Gasteiger partial charge in [-0.25, -0.2) is 9.97 Å². The van der Waals surface area contributed by atoms with Gasteiger partial charge >= 0.3 is 6.18 Å². The first-order valence-corrected chi connectivity index (χ1v) is 4.39. The molecule has 0 aliphatic carbocycles. The molecule has 1 aromatic rings. The molecule has 0 amide bonds. The number of methoxy groups -OCH3 is 1. The Morgan fingerprint density at radius 3 is 2.69 bits per heavy atom. The van der Waals surface area contributed by atoms with E-state index in [2.05, 4.69) is 15.3 Å². The summed E-state index contributed by atoms with van der Waals surface area (Å²) in [5.41, 5.74) is 5.45. The minimum Gasteiger partial charge on any atom is -0.490 e. The third kappa shape index (κ3) is 3.44. The van der Waals surface area contributed by atoms with Crippen molar-refractivity contribution in [2.24, 2.45) is 0 Å². The van der Waals surface area contributed by atoms with Crippen LogP contribution in [0.3, 0.4) is 0 Å². The average molecular weight is 236 g/mol. The second-order valence-corrected chi connectivity index (χ2v) is 2.93. The number of rotatable bonds is 4. The first-order valence-electron chi connectivity index (χ1n) is 4.39. The molecule has 0 fully saturated rings. The molecule has 0 aromatic carbocycles. The molecule has 5 nitrogen and oxygen atoms in total. The van der Waals surface area contributed by atoms with E-state index >= 15 is 0 Å². The van der Waals surface area contributed by atoms with Crippen LogP contribution in [0.5, 0.6) is 5.75 Å². The lowest BCUT2D eigenvalue weighted by Crippen LogP contribution is -2.16. The Kier molecular flexibility index (Phi) is 3.75. The average Bonchev–Trinajstić information content (AvgIpc) is 2.16. The van der Waals surface area contributed by atoms with Crippen LogP contribution < -0.4 is 15.8 Å². The van der Waals surface area contributed by atoms with E-state index in [0.29, 0.717) is 0 Å². The van der Waals surface area contributed by atoms with Gasteiger partial charge in [-0.05, 0) is 0 Å². The van der Waals surface area contributed by atoms with Crippen molar-refractivity contribution in [3.05, 3.63) is 6.33 Å². The van der Waals surface area contributed by atoms with Gasteiger partial charge in [0.05, 0.1) is 13.5 Å². The highest BCUT2D eigenvalue weighted by atomic mass is 19.4. The van der Waals surface area contributed by atoms with E-state index in [1.54, 1.807) is 0 Å². The summed E-state index contributed by atoms with van der Waals surface area (Å²) in [6.07, 6.45) is -4.02. The van der Waals surface area contributed by atoms with Crippen LogP contribution in [0.25, 0.3) is 0 Å². The molecular formula is C8H11F3N4O. The summed E-state index contributed by atoms with van der Waals surface area (Å²) in [6, 6.07) is 0.